The maximum atomic E-state index is 12.7. The second-order valence-corrected chi connectivity index (χ2v) is 6.28. The van der Waals surface area contributed by atoms with Crippen LogP contribution in [0.25, 0.3) is 0 Å². The number of hydrogen-bond donors (Lipinski definition) is 1. The number of carbonyl (C=O) groups is 1. The van der Waals surface area contributed by atoms with Crippen molar-refractivity contribution >= 4 is 23.2 Å². The van der Waals surface area contributed by atoms with Crippen LogP contribution < -0.4 is 5.32 Å². The van der Waals surface area contributed by atoms with Gasteiger partial charge in [-0.05, 0) is 44.9 Å². The van der Waals surface area contributed by atoms with Gasteiger partial charge in [-0.25, -0.2) is 0 Å². The summed E-state index contributed by atoms with van der Waals surface area (Å²) in [5.74, 6) is 0.822. The highest BCUT2D eigenvalue weighted by atomic mass is 35.5. The molecule has 0 bridgehead atoms. The summed E-state index contributed by atoms with van der Waals surface area (Å²) in [5.41, 5.74) is 3.27. The Hall–Kier alpha value is -2.01. The molecule has 0 spiro atoms. The lowest BCUT2D eigenvalue weighted by molar-refractivity contribution is 0.0793. The third-order valence-corrected chi connectivity index (χ3v) is 4.48. The molecule has 0 aliphatic carbocycles. The van der Waals surface area contributed by atoms with Gasteiger partial charge in [-0.15, -0.1) is 0 Å². The highest BCUT2D eigenvalue weighted by Gasteiger charge is 2.22. The first-order chi connectivity index (χ1) is 11.1. The molecule has 0 atom stereocenters. The summed E-state index contributed by atoms with van der Waals surface area (Å²) in [6.45, 7) is 5.98. The van der Waals surface area contributed by atoms with Crippen LogP contribution in [0.1, 0.15) is 40.2 Å². The van der Waals surface area contributed by atoms with E-state index in [0.717, 1.165) is 48.6 Å². The molecule has 2 heterocycles. The lowest BCUT2D eigenvalue weighted by Gasteiger charge is -2.18. The predicted molar refractivity (Wildman–Crippen MR) is 89.9 cm³/mol. The van der Waals surface area contributed by atoms with Gasteiger partial charge in [0.25, 0.3) is 5.91 Å². The molecule has 1 aliphatic rings. The zero-order valence-corrected chi connectivity index (χ0v) is 14.1. The molecular weight excluding hydrogens is 314 g/mol. The number of aromatic nitrogens is 1. The molecule has 1 N–H and O–H groups in total. The van der Waals surface area contributed by atoms with Crippen molar-refractivity contribution in [3.63, 3.8) is 0 Å². The highest BCUT2D eigenvalue weighted by Crippen LogP contribution is 2.25. The summed E-state index contributed by atoms with van der Waals surface area (Å²) < 4.78 is 5.18. The SMILES string of the molecule is Cc1noc(C)c1CNc1ccc(Cl)cc1C(=O)N1CCCC1. The van der Waals surface area contributed by atoms with E-state index in [2.05, 4.69) is 10.5 Å². The van der Waals surface area contributed by atoms with Crippen LogP contribution in [0.5, 0.6) is 0 Å². The van der Waals surface area contributed by atoms with Gasteiger partial charge in [-0.2, -0.15) is 0 Å². The van der Waals surface area contributed by atoms with E-state index in [-0.39, 0.29) is 5.91 Å². The first-order valence-electron chi connectivity index (χ1n) is 7.80. The van der Waals surface area contributed by atoms with Crippen LogP contribution in [-0.4, -0.2) is 29.1 Å². The number of halogens is 1. The molecule has 2 aromatic rings. The van der Waals surface area contributed by atoms with Gasteiger partial charge in [0.1, 0.15) is 5.76 Å². The summed E-state index contributed by atoms with van der Waals surface area (Å²) >= 11 is 6.09. The number of carbonyl (C=O) groups excluding carboxylic acids is 1. The Morgan fingerprint density at radius 3 is 2.74 bits per heavy atom. The molecule has 5 nitrogen and oxygen atoms in total. The predicted octanol–water partition coefficient (Wildman–Crippen LogP) is 3.79. The summed E-state index contributed by atoms with van der Waals surface area (Å²) in [5, 5.41) is 7.84. The van der Waals surface area contributed by atoms with Gasteiger partial charge in [0.05, 0.1) is 11.3 Å². The zero-order chi connectivity index (χ0) is 16.4. The number of likely N-dealkylation sites (tertiary alicyclic amines) is 1. The average molecular weight is 334 g/mol. The van der Waals surface area contributed by atoms with E-state index in [4.69, 9.17) is 16.1 Å². The minimum atomic E-state index is 0.0336. The van der Waals surface area contributed by atoms with Crippen LogP contribution in [-0.2, 0) is 6.54 Å². The minimum absolute atomic E-state index is 0.0336. The first kappa shape index (κ1) is 15.9. The Balaban J connectivity index is 1.82. The molecule has 1 aromatic carbocycles. The highest BCUT2D eigenvalue weighted by molar-refractivity contribution is 6.31. The number of anilines is 1. The fourth-order valence-electron chi connectivity index (χ4n) is 2.88. The monoisotopic (exact) mass is 333 g/mol. The minimum Gasteiger partial charge on any atom is -0.380 e. The quantitative estimate of drug-likeness (QED) is 0.924. The van der Waals surface area contributed by atoms with Crippen molar-refractivity contribution in [2.24, 2.45) is 0 Å². The largest absolute Gasteiger partial charge is 0.380 e. The Morgan fingerprint density at radius 2 is 2.09 bits per heavy atom. The van der Waals surface area contributed by atoms with Crippen molar-refractivity contribution in [1.29, 1.82) is 0 Å². The molecule has 3 rings (SSSR count). The number of aryl methyl sites for hydroxylation is 2. The molecule has 0 unspecified atom stereocenters. The lowest BCUT2D eigenvalue weighted by atomic mass is 10.1. The molecule has 122 valence electrons. The number of rotatable bonds is 4. The number of nitrogens with one attached hydrogen (secondary N) is 1. The van der Waals surface area contributed by atoms with Gasteiger partial charge >= 0.3 is 0 Å². The zero-order valence-electron chi connectivity index (χ0n) is 13.4. The Morgan fingerprint density at radius 1 is 1.35 bits per heavy atom. The van der Waals surface area contributed by atoms with Crippen LogP contribution in [0.4, 0.5) is 5.69 Å². The second-order valence-electron chi connectivity index (χ2n) is 5.85. The van der Waals surface area contributed by atoms with Crippen molar-refractivity contribution in [3.05, 3.63) is 45.8 Å². The van der Waals surface area contributed by atoms with Gasteiger partial charge in [0.15, 0.2) is 0 Å². The van der Waals surface area contributed by atoms with E-state index >= 15 is 0 Å². The normalized spacial score (nSPS) is 14.3. The van der Waals surface area contributed by atoms with E-state index in [1.165, 1.54) is 0 Å². The third kappa shape index (κ3) is 3.34. The van der Waals surface area contributed by atoms with Crippen molar-refractivity contribution in [3.8, 4) is 0 Å². The van der Waals surface area contributed by atoms with Crippen LogP contribution in [0, 0.1) is 13.8 Å². The van der Waals surface area contributed by atoms with Crippen LogP contribution in [0.15, 0.2) is 22.7 Å². The average Bonchev–Trinajstić information content (AvgIpc) is 3.17. The van der Waals surface area contributed by atoms with Crippen LogP contribution in [0.3, 0.4) is 0 Å². The van der Waals surface area contributed by atoms with Crippen molar-refractivity contribution < 1.29 is 9.32 Å². The van der Waals surface area contributed by atoms with E-state index in [9.17, 15) is 4.79 Å². The molecule has 0 radical (unpaired) electrons. The Labute approximate surface area is 140 Å². The molecule has 1 fully saturated rings. The van der Waals surface area contributed by atoms with Gasteiger partial charge in [0, 0.05) is 35.9 Å². The Bertz CT molecular complexity index is 701. The van der Waals surface area contributed by atoms with Gasteiger partial charge in [0.2, 0.25) is 0 Å². The number of hydrogen-bond acceptors (Lipinski definition) is 4. The van der Waals surface area contributed by atoms with Crippen molar-refractivity contribution in [2.45, 2.75) is 33.2 Å². The smallest absolute Gasteiger partial charge is 0.256 e. The fourth-order valence-corrected chi connectivity index (χ4v) is 3.05. The molecule has 1 aromatic heterocycles. The van der Waals surface area contributed by atoms with E-state index < -0.39 is 0 Å². The van der Waals surface area contributed by atoms with Crippen molar-refractivity contribution in [2.75, 3.05) is 18.4 Å². The number of benzene rings is 1. The molecule has 1 saturated heterocycles. The lowest BCUT2D eigenvalue weighted by Crippen LogP contribution is -2.28. The van der Waals surface area contributed by atoms with Crippen LogP contribution in [0.2, 0.25) is 5.02 Å². The first-order valence-corrected chi connectivity index (χ1v) is 8.18. The molecule has 1 aliphatic heterocycles. The third-order valence-electron chi connectivity index (χ3n) is 4.24. The topological polar surface area (TPSA) is 58.4 Å². The summed E-state index contributed by atoms with van der Waals surface area (Å²) in [4.78, 5) is 14.6. The molecule has 0 saturated carbocycles. The molecule has 6 heteroatoms. The van der Waals surface area contributed by atoms with Gasteiger partial charge in [-0.3, -0.25) is 4.79 Å². The maximum absolute atomic E-state index is 12.7. The Kier molecular flexibility index (Phi) is 4.57. The summed E-state index contributed by atoms with van der Waals surface area (Å²) in [7, 11) is 0. The fraction of sp³-hybridized carbons (Fsp3) is 0.412. The molecule has 1 amide bonds. The number of nitrogens with zero attached hydrogens (tertiary/aromatic N) is 2. The molecule has 23 heavy (non-hydrogen) atoms. The van der Waals surface area contributed by atoms with E-state index in [0.29, 0.717) is 17.1 Å². The summed E-state index contributed by atoms with van der Waals surface area (Å²) in [6, 6.07) is 5.37. The van der Waals surface area contributed by atoms with Gasteiger partial charge < -0.3 is 14.7 Å². The standard InChI is InChI=1S/C17H20ClN3O2/c1-11-15(12(2)23-20-11)10-19-16-6-5-13(18)9-14(16)17(22)21-7-3-4-8-21/h5-6,9,19H,3-4,7-8,10H2,1-2H3. The molecular formula is C17H20ClN3O2. The summed E-state index contributed by atoms with van der Waals surface area (Å²) in [6.07, 6.45) is 2.13. The second kappa shape index (κ2) is 6.62. The maximum Gasteiger partial charge on any atom is 0.256 e. The van der Waals surface area contributed by atoms with E-state index in [1.54, 1.807) is 12.1 Å². The number of amides is 1. The van der Waals surface area contributed by atoms with Crippen molar-refractivity contribution in [1.82, 2.24) is 10.1 Å². The van der Waals surface area contributed by atoms with Crippen LogP contribution >= 0.6 is 11.6 Å². The van der Waals surface area contributed by atoms with Gasteiger partial charge in [-0.1, -0.05) is 16.8 Å². The van der Waals surface area contributed by atoms with E-state index in [1.807, 2.05) is 24.8 Å².